The van der Waals surface area contributed by atoms with E-state index in [1.54, 1.807) is 4.90 Å². The summed E-state index contributed by atoms with van der Waals surface area (Å²) in [6, 6.07) is 0. The van der Waals surface area contributed by atoms with E-state index in [-0.39, 0.29) is 25.2 Å². The van der Waals surface area contributed by atoms with Crippen LogP contribution < -0.4 is 11.5 Å². The molecule has 0 spiro atoms. The summed E-state index contributed by atoms with van der Waals surface area (Å²) in [4.78, 5) is 24.0. The number of carboxylic acid groups (broad SMARTS) is 1. The minimum absolute atomic E-state index is 0. The number of carbonyl (C=O) groups excluding carboxylic acids is 1. The van der Waals surface area contributed by atoms with Crippen molar-refractivity contribution in [2.75, 3.05) is 32.8 Å². The molecule has 0 aromatic heterocycles. The summed E-state index contributed by atoms with van der Waals surface area (Å²) in [5.74, 6) is -0.901. The van der Waals surface area contributed by atoms with Crippen molar-refractivity contribution < 1.29 is 19.8 Å². The number of carbonyl (C=O) groups is 2. The van der Waals surface area contributed by atoms with Crippen LogP contribution in [0.1, 0.15) is 71.1 Å². The van der Waals surface area contributed by atoms with Gasteiger partial charge in [0.15, 0.2) is 0 Å². The third kappa shape index (κ3) is 19.0. The van der Waals surface area contributed by atoms with Gasteiger partial charge in [-0.25, -0.2) is 0 Å². The largest absolute Gasteiger partial charge is 0.480 e. The van der Waals surface area contributed by atoms with Gasteiger partial charge in [-0.3, -0.25) is 14.5 Å². The second kappa shape index (κ2) is 19.1. The lowest BCUT2D eigenvalue weighted by Gasteiger charge is -2.19. The minimum atomic E-state index is -0.926. The fourth-order valence-corrected chi connectivity index (χ4v) is 2.64. The molecule has 0 saturated heterocycles. The molecule has 0 heterocycles. The molecule has 0 aliphatic rings. The number of aliphatic hydroxyl groups is 1. The van der Waals surface area contributed by atoms with Gasteiger partial charge >= 0.3 is 5.97 Å². The molecule has 1 amide bonds. The second-order valence-electron chi connectivity index (χ2n) is 6.32. The standard InChI is InChI=1S/C18H36N2O4.H3N/c1-2-3-4-5-6-7-8-9-10-11-17(22)19-12-13-20(14-15-21)16-18(23)24;/h21H,2-16H2,1H3,(H,19,22)(H,23,24);1H3. The van der Waals surface area contributed by atoms with Gasteiger partial charge in [-0.05, 0) is 6.42 Å². The van der Waals surface area contributed by atoms with Crippen molar-refractivity contribution in [3.05, 3.63) is 0 Å². The summed E-state index contributed by atoms with van der Waals surface area (Å²) >= 11 is 0. The van der Waals surface area contributed by atoms with Crippen LogP contribution in [0.3, 0.4) is 0 Å². The Bertz CT molecular complexity index is 327. The van der Waals surface area contributed by atoms with Gasteiger partial charge in [0.05, 0.1) is 13.2 Å². The number of nitrogens with zero attached hydrogens (tertiary/aromatic N) is 1. The van der Waals surface area contributed by atoms with E-state index in [9.17, 15) is 9.59 Å². The van der Waals surface area contributed by atoms with Crippen LogP contribution in [0.15, 0.2) is 0 Å². The summed E-state index contributed by atoms with van der Waals surface area (Å²) in [5, 5.41) is 20.5. The summed E-state index contributed by atoms with van der Waals surface area (Å²) in [6.07, 6.45) is 11.6. The second-order valence-corrected chi connectivity index (χ2v) is 6.32. The molecule has 0 bridgehead atoms. The number of aliphatic hydroxyl groups excluding tert-OH is 1. The summed E-state index contributed by atoms with van der Waals surface area (Å²) < 4.78 is 0. The molecule has 0 aliphatic heterocycles. The zero-order chi connectivity index (χ0) is 18.0. The van der Waals surface area contributed by atoms with Crippen molar-refractivity contribution in [1.82, 2.24) is 16.4 Å². The molecule has 7 nitrogen and oxygen atoms in total. The first-order valence-electron chi connectivity index (χ1n) is 9.41. The van der Waals surface area contributed by atoms with E-state index in [1.165, 1.54) is 44.9 Å². The molecule has 0 fully saturated rings. The highest BCUT2D eigenvalue weighted by Gasteiger charge is 2.09. The molecule has 0 aromatic rings. The summed E-state index contributed by atoms with van der Waals surface area (Å²) in [6.45, 7) is 3.19. The maximum atomic E-state index is 11.7. The Morgan fingerprint density at radius 3 is 2.00 bits per heavy atom. The number of carboxylic acids is 1. The number of aliphatic carboxylic acids is 1. The number of hydrogen-bond acceptors (Lipinski definition) is 5. The maximum Gasteiger partial charge on any atom is 0.317 e. The minimum Gasteiger partial charge on any atom is -0.480 e. The number of amides is 1. The van der Waals surface area contributed by atoms with Gasteiger partial charge in [-0.2, -0.15) is 0 Å². The van der Waals surface area contributed by atoms with Crippen LogP contribution in [0.4, 0.5) is 0 Å². The van der Waals surface area contributed by atoms with Crippen molar-refractivity contribution in [3.63, 3.8) is 0 Å². The van der Waals surface area contributed by atoms with Crippen molar-refractivity contribution >= 4 is 11.9 Å². The molecule has 7 heteroatoms. The van der Waals surface area contributed by atoms with E-state index in [4.69, 9.17) is 10.2 Å². The van der Waals surface area contributed by atoms with Gasteiger partial charge in [0.2, 0.25) is 5.91 Å². The number of hydrogen-bond donors (Lipinski definition) is 4. The highest BCUT2D eigenvalue weighted by atomic mass is 16.4. The number of unbranched alkanes of at least 4 members (excludes halogenated alkanes) is 8. The third-order valence-corrected chi connectivity index (χ3v) is 4.03. The Labute approximate surface area is 152 Å². The Balaban J connectivity index is 0. The topological polar surface area (TPSA) is 125 Å². The summed E-state index contributed by atoms with van der Waals surface area (Å²) in [5.41, 5.74) is 0. The van der Waals surface area contributed by atoms with Crippen molar-refractivity contribution in [2.45, 2.75) is 71.1 Å². The molecule has 25 heavy (non-hydrogen) atoms. The molecule has 0 aromatic carbocycles. The van der Waals surface area contributed by atoms with E-state index in [1.807, 2.05) is 0 Å². The first kappa shape index (κ1) is 26.1. The normalized spacial score (nSPS) is 10.5. The van der Waals surface area contributed by atoms with Gasteiger partial charge in [0, 0.05) is 26.1 Å². The van der Waals surface area contributed by atoms with Crippen LogP contribution in [0, 0.1) is 0 Å². The van der Waals surface area contributed by atoms with Crippen LogP contribution in [0.2, 0.25) is 0 Å². The maximum absolute atomic E-state index is 11.7. The van der Waals surface area contributed by atoms with Gasteiger partial charge in [-0.15, -0.1) is 0 Å². The van der Waals surface area contributed by atoms with Crippen LogP contribution in [-0.4, -0.2) is 59.8 Å². The van der Waals surface area contributed by atoms with Gasteiger partial charge in [0.1, 0.15) is 0 Å². The Hall–Kier alpha value is -1.18. The monoisotopic (exact) mass is 361 g/mol. The first-order valence-corrected chi connectivity index (χ1v) is 9.41. The Kier molecular flexibility index (Phi) is 20.0. The zero-order valence-corrected chi connectivity index (χ0v) is 16.0. The summed E-state index contributed by atoms with van der Waals surface area (Å²) in [7, 11) is 0. The molecular formula is C18H39N3O4. The highest BCUT2D eigenvalue weighted by molar-refractivity contribution is 5.75. The van der Waals surface area contributed by atoms with E-state index < -0.39 is 5.97 Å². The van der Waals surface area contributed by atoms with Crippen LogP contribution >= 0.6 is 0 Å². The molecular weight excluding hydrogens is 322 g/mol. The molecule has 0 aliphatic carbocycles. The zero-order valence-electron chi connectivity index (χ0n) is 16.0. The molecule has 0 radical (unpaired) electrons. The van der Waals surface area contributed by atoms with E-state index >= 15 is 0 Å². The average Bonchev–Trinajstić information content (AvgIpc) is 2.53. The lowest BCUT2D eigenvalue weighted by atomic mass is 10.1. The van der Waals surface area contributed by atoms with Crippen molar-refractivity contribution in [3.8, 4) is 0 Å². The number of nitrogens with one attached hydrogen (secondary N) is 1. The smallest absolute Gasteiger partial charge is 0.317 e. The van der Waals surface area contributed by atoms with Crippen LogP contribution in [0.5, 0.6) is 0 Å². The SMILES string of the molecule is CCCCCCCCCCCC(=O)NCCN(CCO)CC(=O)O.N. The quantitative estimate of drug-likeness (QED) is 0.295. The fraction of sp³-hybridized carbons (Fsp3) is 0.889. The molecule has 6 N–H and O–H groups in total. The van der Waals surface area contributed by atoms with Crippen molar-refractivity contribution in [1.29, 1.82) is 0 Å². The number of rotatable bonds is 17. The van der Waals surface area contributed by atoms with E-state index in [0.717, 1.165) is 12.8 Å². The Morgan fingerprint density at radius 2 is 1.48 bits per heavy atom. The predicted octanol–water partition coefficient (Wildman–Crippen LogP) is 2.56. The van der Waals surface area contributed by atoms with Gasteiger partial charge in [0.25, 0.3) is 0 Å². The lowest BCUT2D eigenvalue weighted by molar-refractivity contribution is -0.138. The van der Waals surface area contributed by atoms with E-state index in [2.05, 4.69) is 12.2 Å². The third-order valence-electron chi connectivity index (χ3n) is 4.03. The fourth-order valence-electron chi connectivity index (χ4n) is 2.64. The van der Waals surface area contributed by atoms with E-state index in [0.29, 0.717) is 26.1 Å². The first-order chi connectivity index (χ1) is 11.6. The lowest BCUT2D eigenvalue weighted by Crippen LogP contribution is -2.39. The highest BCUT2D eigenvalue weighted by Crippen LogP contribution is 2.10. The molecule has 0 rings (SSSR count). The molecule has 0 unspecified atom stereocenters. The molecule has 0 atom stereocenters. The van der Waals surface area contributed by atoms with Crippen molar-refractivity contribution in [2.24, 2.45) is 0 Å². The van der Waals surface area contributed by atoms with Crippen LogP contribution in [-0.2, 0) is 9.59 Å². The van der Waals surface area contributed by atoms with Gasteiger partial charge < -0.3 is 21.7 Å². The predicted molar refractivity (Wildman–Crippen MR) is 101 cm³/mol. The molecule has 0 saturated carbocycles. The Morgan fingerprint density at radius 1 is 0.920 bits per heavy atom. The molecule has 150 valence electrons. The van der Waals surface area contributed by atoms with Gasteiger partial charge in [-0.1, -0.05) is 58.3 Å². The average molecular weight is 362 g/mol. The van der Waals surface area contributed by atoms with Crippen LogP contribution in [0.25, 0.3) is 0 Å².